The van der Waals surface area contributed by atoms with Crippen molar-refractivity contribution in [2.75, 3.05) is 33.0 Å². The van der Waals surface area contributed by atoms with Crippen LogP contribution in [0.3, 0.4) is 0 Å². The number of carbonyl (C=O) groups excluding carboxylic acids is 2. The van der Waals surface area contributed by atoms with Gasteiger partial charge in [-0.1, -0.05) is 70.6 Å². The van der Waals surface area contributed by atoms with E-state index >= 15 is 0 Å². The Hall–Kier alpha value is -1.67. The number of hydrogen-bond acceptors (Lipinski definition) is 6. The first-order valence-corrected chi connectivity index (χ1v) is 12.5. The zero-order chi connectivity index (χ0) is 23.7. The van der Waals surface area contributed by atoms with E-state index < -0.39 is 0 Å². The lowest BCUT2D eigenvalue weighted by Crippen LogP contribution is -2.27. The zero-order valence-corrected chi connectivity index (χ0v) is 20.4. The van der Waals surface area contributed by atoms with Crippen molar-refractivity contribution >= 4 is 17.5 Å². The molecule has 0 aliphatic heterocycles. The van der Waals surface area contributed by atoms with Gasteiger partial charge in [0.05, 0.1) is 19.8 Å². The maximum atomic E-state index is 11.8. The molecule has 0 aromatic rings. The minimum atomic E-state index is 0.00708. The summed E-state index contributed by atoms with van der Waals surface area (Å²) in [5.74, 6) is 5.77. The number of nitrogens with one attached hydrogen (secondary N) is 1. The SMILES string of the molecule is CC(=O)COCCOCCNC(=O)CCCCCCCCCCCCCCCC(N)=NN. The van der Waals surface area contributed by atoms with Gasteiger partial charge < -0.3 is 26.4 Å². The topological polar surface area (TPSA) is 129 Å². The Kier molecular flexibility index (Phi) is 22.7. The van der Waals surface area contributed by atoms with Gasteiger partial charge in [-0.15, -0.1) is 0 Å². The fourth-order valence-corrected chi connectivity index (χ4v) is 3.39. The van der Waals surface area contributed by atoms with E-state index in [4.69, 9.17) is 21.1 Å². The summed E-state index contributed by atoms with van der Waals surface area (Å²) in [6.07, 6.45) is 17.5. The van der Waals surface area contributed by atoms with Crippen LogP contribution in [-0.4, -0.2) is 50.5 Å². The number of Topliss-reactive ketones (excluding diaryl/α,β-unsaturated/α-hetero) is 1. The quantitative estimate of drug-likeness (QED) is 0.0666. The van der Waals surface area contributed by atoms with Crippen molar-refractivity contribution in [1.29, 1.82) is 0 Å². The Balaban J connectivity index is 3.19. The average Bonchev–Trinajstić information content (AvgIpc) is 2.77. The lowest BCUT2D eigenvalue weighted by Gasteiger charge is -2.07. The third-order valence-corrected chi connectivity index (χ3v) is 5.25. The first-order valence-electron chi connectivity index (χ1n) is 12.5. The number of ketones is 1. The molecule has 8 nitrogen and oxygen atoms in total. The van der Waals surface area contributed by atoms with Gasteiger partial charge in [0.2, 0.25) is 5.91 Å². The number of unbranched alkanes of at least 4 members (excludes halogenated alkanes) is 12. The third-order valence-electron chi connectivity index (χ3n) is 5.25. The van der Waals surface area contributed by atoms with Gasteiger partial charge in [0.1, 0.15) is 12.4 Å². The van der Waals surface area contributed by atoms with Gasteiger partial charge in [-0.05, 0) is 19.8 Å². The predicted octanol–water partition coefficient (Wildman–Crippen LogP) is 3.81. The smallest absolute Gasteiger partial charge is 0.220 e. The molecule has 0 aliphatic rings. The fourth-order valence-electron chi connectivity index (χ4n) is 3.39. The van der Waals surface area contributed by atoms with Crippen LogP contribution in [0, 0.1) is 0 Å². The summed E-state index contributed by atoms with van der Waals surface area (Å²) < 4.78 is 10.4. The Labute approximate surface area is 195 Å². The molecule has 0 spiro atoms. The molecule has 5 N–H and O–H groups in total. The van der Waals surface area contributed by atoms with Gasteiger partial charge in [0, 0.05) is 19.4 Å². The molecule has 0 aromatic heterocycles. The molecule has 0 unspecified atom stereocenters. The number of amides is 1. The Morgan fingerprint density at radius 3 is 1.69 bits per heavy atom. The van der Waals surface area contributed by atoms with Crippen LogP contribution >= 0.6 is 0 Å². The minimum Gasteiger partial charge on any atom is -0.386 e. The number of nitrogens with two attached hydrogens (primary N) is 2. The molecule has 0 saturated carbocycles. The standard InChI is InChI=1S/C24H48N4O4/c1-22(29)21-32-20-19-31-18-17-27-24(30)16-14-12-10-8-6-4-2-3-5-7-9-11-13-15-23(25)28-26/h2-21,26H2,1H3,(H2,25,28)(H,27,30). The third kappa shape index (κ3) is 24.6. The van der Waals surface area contributed by atoms with E-state index in [-0.39, 0.29) is 18.3 Å². The largest absolute Gasteiger partial charge is 0.386 e. The second-order valence-corrected chi connectivity index (χ2v) is 8.43. The van der Waals surface area contributed by atoms with Crippen LogP contribution in [0.1, 0.15) is 103 Å². The van der Waals surface area contributed by atoms with Gasteiger partial charge in [-0.2, -0.15) is 5.10 Å². The monoisotopic (exact) mass is 456 g/mol. The molecule has 8 heteroatoms. The van der Waals surface area contributed by atoms with Crippen LogP contribution in [0.25, 0.3) is 0 Å². The van der Waals surface area contributed by atoms with Crippen LogP contribution in [0.4, 0.5) is 0 Å². The highest BCUT2D eigenvalue weighted by atomic mass is 16.5. The molecule has 0 rings (SSSR count). The summed E-state index contributed by atoms with van der Waals surface area (Å²) in [4.78, 5) is 22.5. The fraction of sp³-hybridized carbons (Fsp3) is 0.875. The lowest BCUT2D eigenvalue weighted by molar-refractivity contribution is -0.123. The molecule has 0 aliphatic carbocycles. The first-order chi connectivity index (χ1) is 15.6. The molecule has 0 atom stereocenters. The molecule has 0 bridgehead atoms. The molecule has 188 valence electrons. The summed E-state index contributed by atoms with van der Waals surface area (Å²) in [6.45, 7) is 3.44. The molecular formula is C24H48N4O4. The van der Waals surface area contributed by atoms with Crippen molar-refractivity contribution in [3.63, 3.8) is 0 Å². The summed E-state index contributed by atoms with van der Waals surface area (Å²) in [6, 6.07) is 0. The van der Waals surface area contributed by atoms with Gasteiger partial charge in [0.15, 0.2) is 5.78 Å². The molecule has 0 saturated heterocycles. The molecule has 32 heavy (non-hydrogen) atoms. The van der Waals surface area contributed by atoms with E-state index in [1.54, 1.807) is 0 Å². The summed E-state index contributed by atoms with van der Waals surface area (Å²) in [5.41, 5.74) is 5.57. The van der Waals surface area contributed by atoms with Crippen molar-refractivity contribution in [2.24, 2.45) is 16.7 Å². The summed E-state index contributed by atoms with van der Waals surface area (Å²) >= 11 is 0. The first kappa shape index (κ1) is 30.3. The highest BCUT2D eigenvalue weighted by molar-refractivity contribution is 5.79. The van der Waals surface area contributed by atoms with E-state index in [2.05, 4.69) is 10.4 Å². The van der Waals surface area contributed by atoms with Gasteiger partial charge in [-0.3, -0.25) is 9.59 Å². The number of ether oxygens (including phenoxy) is 2. The van der Waals surface area contributed by atoms with Gasteiger partial charge in [-0.25, -0.2) is 0 Å². The Morgan fingerprint density at radius 2 is 1.19 bits per heavy atom. The number of amidine groups is 1. The minimum absolute atomic E-state index is 0.00708. The second-order valence-electron chi connectivity index (χ2n) is 8.43. The van der Waals surface area contributed by atoms with Crippen LogP contribution in [0.5, 0.6) is 0 Å². The van der Waals surface area contributed by atoms with Crippen molar-refractivity contribution < 1.29 is 19.1 Å². The second kappa shape index (κ2) is 24.0. The molecule has 0 fully saturated rings. The van der Waals surface area contributed by atoms with Crippen molar-refractivity contribution in [3.8, 4) is 0 Å². The molecule has 0 heterocycles. The van der Waals surface area contributed by atoms with E-state index in [1.165, 1.54) is 71.1 Å². The number of rotatable bonds is 24. The van der Waals surface area contributed by atoms with Crippen molar-refractivity contribution in [1.82, 2.24) is 5.32 Å². The number of hydrazone groups is 1. The number of nitrogens with zero attached hydrogens (tertiary/aromatic N) is 1. The highest BCUT2D eigenvalue weighted by Gasteiger charge is 2.01. The normalized spacial score (nSPS) is 11.6. The van der Waals surface area contributed by atoms with E-state index in [9.17, 15) is 9.59 Å². The zero-order valence-electron chi connectivity index (χ0n) is 20.4. The summed E-state index contributed by atoms with van der Waals surface area (Å²) in [5, 5.41) is 6.36. The van der Waals surface area contributed by atoms with Crippen molar-refractivity contribution in [3.05, 3.63) is 0 Å². The van der Waals surface area contributed by atoms with Crippen LogP contribution in [0.2, 0.25) is 0 Å². The van der Waals surface area contributed by atoms with Crippen molar-refractivity contribution in [2.45, 2.75) is 103 Å². The Bertz CT molecular complexity index is 487. The average molecular weight is 457 g/mol. The van der Waals surface area contributed by atoms with E-state index in [1.807, 2.05) is 0 Å². The molecular weight excluding hydrogens is 408 g/mol. The van der Waals surface area contributed by atoms with E-state index in [0.717, 1.165) is 25.7 Å². The van der Waals surface area contributed by atoms with Crippen LogP contribution < -0.4 is 16.9 Å². The van der Waals surface area contributed by atoms with Crippen LogP contribution in [-0.2, 0) is 19.1 Å². The van der Waals surface area contributed by atoms with Gasteiger partial charge in [0.25, 0.3) is 0 Å². The Morgan fingerprint density at radius 1 is 0.719 bits per heavy atom. The predicted molar refractivity (Wildman–Crippen MR) is 130 cm³/mol. The van der Waals surface area contributed by atoms with Gasteiger partial charge >= 0.3 is 0 Å². The highest BCUT2D eigenvalue weighted by Crippen LogP contribution is 2.13. The maximum absolute atomic E-state index is 11.8. The molecule has 0 radical (unpaired) electrons. The molecule has 1 amide bonds. The lowest BCUT2D eigenvalue weighted by atomic mass is 10.0. The number of carbonyl (C=O) groups is 2. The van der Waals surface area contributed by atoms with E-state index in [0.29, 0.717) is 38.6 Å². The summed E-state index contributed by atoms with van der Waals surface area (Å²) in [7, 11) is 0. The maximum Gasteiger partial charge on any atom is 0.220 e. The molecule has 0 aromatic carbocycles. The number of hydrogen-bond donors (Lipinski definition) is 3. The van der Waals surface area contributed by atoms with Crippen LogP contribution in [0.15, 0.2) is 5.10 Å².